The molecule has 1 saturated heterocycles. The molecule has 0 bridgehead atoms. The highest BCUT2D eigenvalue weighted by Crippen LogP contribution is 2.36. The first-order chi connectivity index (χ1) is 16.4. The second kappa shape index (κ2) is 9.62. The average Bonchev–Trinajstić information content (AvgIpc) is 3.27. The fraction of sp³-hybridized carbons (Fsp3) is 0.0769. The molecular weight excluding hydrogens is 555 g/mol. The lowest BCUT2D eigenvalue weighted by Crippen LogP contribution is -2.27. The normalized spacial score (nSPS) is 15.1. The lowest BCUT2D eigenvalue weighted by molar-refractivity contribution is -0.123. The molecule has 2 amide bonds. The van der Waals surface area contributed by atoms with Crippen LogP contribution in [-0.4, -0.2) is 20.6 Å². The number of nitrogens with zero attached hydrogens (tertiary/aromatic N) is 2. The van der Waals surface area contributed by atoms with Gasteiger partial charge in [0.2, 0.25) is 0 Å². The second-order valence-electron chi connectivity index (χ2n) is 7.86. The van der Waals surface area contributed by atoms with Crippen LogP contribution < -0.4 is 0 Å². The highest BCUT2D eigenvalue weighted by Gasteiger charge is 2.35. The Labute approximate surface area is 219 Å². The number of carbonyl (C=O) groups is 2. The van der Waals surface area contributed by atoms with Crippen molar-refractivity contribution in [3.8, 4) is 0 Å². The van der Waals surface area contributed by atoms with E-state index in [2.05, 4.69) is 32.6 Å². The van der Waals surface area contributed by atoms with E-state index in [0.29, 0.717) is 27.1 Å². The monoisotopic (exact) mass is 570 g/mol. The summed E-state index contributed by atoms with van der Waals surface area (Å²) in [6.45, 7) is 0.794. The molecule has 34 heavy (non-hydrogen) atoms. The summed E-state index contributed by atoms with van der Waals surface area (Å²) < 4.78 is 3.10. The van der Waals surface area contributed by atoms with Crippen LogP contribution in [0.1, 0.15) is 16.7 Å². The first-order valence-electron chi connectivity index (χ1n) is 10.4. The minimum atomic E-state index is -0.333. The van der Waals surface area contributed by atoms with Gasteiger partial charge in [-0.2, -0.15) is 0 Å². The Morgan fingerprint density at radius 2 is 1.74 bits per heavy atom. The van der Waals surface area contributed by atoms with E-state index >= 15 is 0 Å². The van der Waals surface area contributed by atoms with Gasteiger partial charge in [0.15, 0.2) is 0 Å². The summed E-state index contributed by atoms with van der Waals surface area (Å²) in [5, 5.41) is 1.60. The molecule has 0 aliphatic carbocycles. The standard InChI is InChI=1S/C26H17BrCl2N2O2S/c27-19-7-9-23-21(11-19)18(14-30(23)13-16-4-2-1-3-5-16)10-24-25(32)31(26(33)34-24)15-17-6-8-20(28)12-22(17)29/h1-12,14H,13,15H2/b24-10-. The van der Waals surface area contributed by atoms with Crippen LogP contribution in [0.3, 0.4) is 0 Å². The number of thioether (sulfide) groups is 1. The van der Waals surface area contributed by atoms with Gasteiger partial charge < -0.3 is 4.57 Å². The van der Waals surface area contributed by atoms with Crippen LogP contribution in [0.25, 0.3) is 17.0 Å². The summed E-state index contributed by atoms with van der Waals surface area (Å²) >= 11 is 16.7. The molecule has 0 saturated carbocycles. The number of hydrogen-bond donors (Lipinski definition) is 0. The average molecular weight is 572 g/mol. The Hall–Kier alpha value is -2.51. The molecule has 0 radical (unpaired) electrons. The fourth-order valence-corrected chi connectivity index (χ4v) is 5.58. The molecule has 2 heterocycles. The van der Waals surface area contributed by atoms with Crippen LogP contribution in [0.5, 0.6) is 0 Å². The molecule has 3 aromatic carbocycles. The van der Waals surface area contributed by atoms with Gasteiger partial charge in [-0.15, -0.1) is 0 Å². The Balaban J connectivity index is 1.48. The quantitative estimate of drug-likeness (QED) is 0.228. The summed E-state index contributed by atoms with van der Waals surface area (Å²) in [5.74, 6) is -0.333. The van der Waals surface area contributed by atoms with Crippen LogP contribution in [0.2, 0.25) is 10.0 Å². The SMILES string of the molecule is O=C1S/C(=C\c2cn(Cc3ccccc3)c3ccc(Br)cc23)C(=O)N1Cc1ccc(Cl)cc1Cl. The number of hydrogen-bond acceptors (Lipinski definition) is 3. The molecule has 170 valence electrons. The molecule has 1 aliphatic heterocycles. The predicted octanol–water partition coefficient (Wildman–Crippen LogP) is 8.00. The second-order valence-corrected chi connectivity index (χ2v) is 10.6. The Bertz CT molecular complexity index is 1470. The van der Waals surface area contributed by atoms with Crippen molar-refractivity contribution in [2.24, 2.45) is 0 Å². The molecule has 1 aliphatic rings. The van der Waals surface area contributed by atoms with Crippen molar-refractivity contribution in [3.63, 3.8) is 0 Å². The highest BCUT2D eigenvalue weighted by molar-refractivity contribution is 9.10. The van der Waals surface area contributed by atoms with E-state index in [4.69, 9.17) is 23.2 Å². The first kappa shape index (κ1) is 23.2. The van der Waals surface area contributed by atoms with E-state index < -0.39 is 0 Å². The van der Waals surface area contributed by atoms with Crippen LogP contribution in [0.15, 0.2) is 82.3 Å². The van der Waals surface area contributed by atoms with Gasteiger partial charge in [-0.1, -0.05) is 75.5 Å². The number of amides is 2. The molecule has 0 spiro atoms. The summed E-state index contributed by atoms with van der Waals surface area (Å²) in [4.78, 5) is 27.4. The van der Waals surface area contributed by atoms with E-state index in [1.54, 1.807) is 24.3 Å². The highest BCUT2D eigenvalue weighted by atomic mass is 79.9. The van der Waals surface area contributed by atoms with Crippen LogP contribution in [0.4, 0.5) is 4.79 Å². The molecule has 0 N–H and O–H groups in total. The van der Waals surface area contributed by atoms with E-state index in [9.17, 15) is 9.59 Å². The number of imide groups is 1. The minimum absolute atomic E-state index is 0.0966. The van der Waals surface area contributed by atoms with Crippen molar-refractivity contribution < 1.29 is 9.59 Å². The summed E-state index contributed by atoms with van der Waals surface area (Å²) in [7, 11) is 0. The zero-order valence-corrected chi connectivity index (χ0v) is 21.6. The van der Waals surface area contributed by atoms with Crippen molar-refractivity contribution in [2.45, 2.75) is 13.1 Å². The smallest absolute Gasteiger partial charge is 0.293 e. The Kier molecular flexibility index (Phi) is 6.58. The number of fused-ring (bicyclic) bond motifs is 1. The molecule has 0 unspecified atom stereocenters. The number of benzene rings is 3. The largest absolute Gasteiger partial charge is 0.342 e. The van der Waals surface area contributed by atoms with Gasteiger partial charge in [0.1, 0.15) is 0 Å². The molecule has 1 fully saturated rings. The summed E-state index contributed by atoms with van der Waals surface area (Å²) in [5.41, 5.74) is 3.76. The number of aromatic nitrogens is 1. The third kappa shape index (κ3) is 4.68. The molecule has 4 nitrogen and oxygen atoms in total. The van der Waals surface area contributed by atoms with Gasteiger partial charge in [-0.25, -0.2) is 0 Å². The Morgan fingerprint density at radius 1 is 0.941 bits per heavy atom. The molecule has 0 atom stereocenters. The van der Waals surface area contributed by atoms with E-state index in [-0.39, 0.29) is 17.7 Å². The minimum Gasteiger partial charge on any atom is -0.342 e. The molecule has 5 rings (SSSR count). The van der Waals surface area contributed by atoms with Gasteiger partial charge in [-0.05, 0) is 59.3 Å². The molecule has 4 aromatic rings. The van der Waals surface area contributed by atoms with Crippen molar-refractivity contribution in [2.75, 3.05) is 0 Å². The van der Waals surface area contributed by atoms with E-state index in [1.807, 2.05) is 42.6 Å². The maximum Gasteiger partial charge on any atom is 0.293 e. The topological polar surface area (TPSA) is 42.3 Å². The van der Waals surface area contributed by atoms with Crippen molar-refractivity contribution in [1.82, 2.24) is 9.47 Å². The lowest BCUT2D eigenvalue weighted by Gasteiger charge is -2.13. The van der Waals surface area contributed by atoms with Crippen molar-refractivity contribution >= 4 is 79.0 Å². The zero-order valence-electron chi connectivity index (χ0n) is 17.7. The number of rotatable bonds is 5. The number of halogens is 3. The van der Waals surface area contributed by atoms with Gasteiger partial charge >= 0.3 is 0 Å². The summed E-state index contributed by atoms with van der Waals surface area (Å²) in [6, 6.07) is 21.3. The van der Waals surface area contributed by atoms with Gasteiger partial charge in [0.25, 0.3) is 11.1 Å². The zero-order chi connectivity index (χ0) is 23.8. The van der Waals surface area contributed by atoms with Gasteiger partial charge in [0, 0.05) is 43.7 Å². The van der Waals surface area contributed by atoms with Crippen LogP contribution in [0, 0.1) is 0 Å². The molecule has 8 heteroatoms. The van der Waals surface area contributed by atoms with Crippen molar-refractivity contribution in [1.29, 1.82) is 0 Å². The fourth-order valence-electron chi connectivity index (χ4n) is 3.92. The van der Waals surface area contributed by atoms with E-state index in [1.165, 1.54) is 10.5 Å². The number of carbonyl (C=O) groups excluding carboxylic acids is 2. The van der Waals surface area contributed by atoms with Crippen LogP contribution >= 0.6 is 50.9 Å². The van der Waals surface area contributed by atoms with Gasteiger partial charge in [-0.3, -0.25) is 14.5 Å². The van der Waals surface area contributed by atoms with Crippen LogP contribution in [-0.2, 0) is 17.9 Å². The predicted molar refractivity (Wildman–Crippen MR) is 143 cm³/mol. The lowest BCUT2D eigenvalue weighted by atomic mass is 10.1. The Morgan fingerprint density at radius 3 is 2.50 bits per heavy atom. The third-order valence-electron chi connectivity index (χ3n) is 5.57. The maximum absolute atomic E-state index is 13.1. The van der Waals surface area contributed by atoms with Gasteiger partial charge in [0.05, 0.1) is 11.4 Å². The molecular formula is C26H17BrCl2N2O2S. The third-order valence-corrected chi connectivity index (χ3v) is 7.56. The van der Waals surface area contributed by atoms with Crippen molar-refractivity contribution in [3.05, 3.63) is 109 Å². The maximum atomic E-state index is 13.1. The van der Waals surface area contributed by atoms with E-state index in [0.717, 1.165) is 32.7 Å². The summed E-state index contributed by atoms with van der Waals surface area (Å²) in [6.07, 6.45) is 3.82. The first-order valence-corrected chi connectivity index (χ1v) is 12.8. The molecule has 1 aromatic heterocycles.